The summed E-state index contributed by atoms with van der Waals surface area (Å²) in [6.45, 7) is 0.908. The highest BCUT2D eigenvalue weighted by molar-refractivity contribution is 9.10. The molecule has 2 amide bonds. The molecule has 0 saturated carbocycles. The van der Waals surface area contributed by atoms with Gasteiger partial charge in [0.25, 0.3) is 5.91 Å². The first-order chi connectivity index (χ1) is 14.1. The highest BCUT2D eigenvalue weighted by Gasteiger charge is 2.14. The van der Waals surface area contributed by atoms with Gasteiger partial charge in [0, 0.05) is 40.4 Å². The number of carbonyl (C=O) groups excluding carboxylic acids is 2. The molecule has 0 atom stereocenters. The average Bonchev–Trinajstić information content (AvgIpc) is 3.16. The van der Waals surface area contributed by atoms with E-state index in [1.54, 1.807) is 18.2 Å². The molecule has 0 radical (unpaired) electrons. The van der Waals surface area contributed by atoms with Crippen molar-refractivity contribution >= 4 is 33.4 Å². The van der Waals surface area contributed by atoms with Crippen molar-refractivity contribution in [2.75, 3.05) is 11.9 Å². The van der Waals surface area contributed by atoms with Gasteiger partial charge in [0.1, 0.15) is 5.82 Å². The summed E-state index contributed by atoms with van der Waals surface area (Å²) in [6, 6.07) is 14.6. The molecule has 3 aromatic rings. The normalized spacial score (nSPS) is 12.9. The summed E-state index contributed by atoms with van der Waals surface area (Å²) in [6.07, 6.45) is 5.45. The number of imidazole rings is 1. The molecule has 2 aromatic carbocycles. The van der Waals surface area contributed by atoms with Crippen molar-refractivity contribution in [1.29, 1.82) is 0 Å². The Bertz CT molecular complexity index is 1040. The van der Waals surface area contributed by atoms with E-state index in [-0.39, 0.29) is 18.4 Å². The molecule has 1 aliphatic heterocycles. The van der Waals surface area contributed by atoms with Crippen LogP contribution >= 0.6 is 15.9 Å². The van der Waals surface area contributed by atoms with Crippen LogP contribution in [0.2, 0.25) is 0 Å². The predicted molar refractivity (Wildman–Crippen MR) is 116 cm³/mol. The SMILES string of the molecule is O=C(CNC(=O)c1cccc(Br)c1)Nc1cccc(-c2cn3c(n2)CCCC3)c1. The number of nitrogens with zero attached hydrogens (tertiary/aromatic N) is 2. The van der Waals surface area contributed by atoms with Gasteiger partial charge in [-0.3, -0.25) is 9.59 Å². The lowest BCUT2D eigenvalue weighted by molar-refractivity contribution is -0.115. The molecule has 4 rings (SSSR count). The minimum absolute atomic E-state index is 0.103. The first-order valence-corrected chi connectivity index (χ1v) is 10.4. The van der Waals surface area contributed by atoms with Gasteiger partial charge in [0.15, 0.2) is 0 Å². The maximum absolute atomic E-state index is 12.3. The fourth-order valence-electron chi connectivity index (χ4n) is 3.41. The van der Waals surface area contributed by atoms with Gasteiger partial charge in [-0.2, -0.15) is 0 Å². The summed E-state index contributed by atoms with van der Waals surface area (Å²) in [5.41, 5.74) is 3.05. The summed E-state index contributed by atoms with van der Waals surface area (Å²) in [5.74, 6) is 0.546. The van der Waals surface area contributed by atoms with E-state index in [0.717, 1.165) is 34.5 Å². The van der Waals surface area contributed by atoms with Gasteiger partial charge in [-0.05, 0) is 43.2 Å². The monoisotopic (exact) mass is 452 g/mol. The number of fused-ring (bicyclic) bond motifs is 1. The number of benzene rings is 2. The van der Waals surface area contributed by atoms with Crippen molar-refractivity contribution < 1.29 is 9.59 Å². The van der Waals surface area contributed by atoms with Crippen LogP contribution in [0.3, 0.4) is 0 Å². The zero-order valence-electron chi connectivity index (χ0n) is 15.8. The Morgan fingerprint density at radius 2 is 1.97 bits per heavy atom. The van der Waals surface area contributed by atoms with E-state index < -0.39 is 0 Å². The Balaban J connectivity index is 1.38. The van der Waals surface area contributed by atoms with Crippen molar-refractivity contribution in [2.45, 2.75) is 25.8 Å². The van der Waals surface area contributed by atoms with Crippen molar-refractivity contribution in [3.05, 3.63) is 70.6 Å². The molecule has 29 heavy (non-hydrogen) atoms. The molecule has 1 aromatic heterocycles. The summed E-state index contributed by atoms with van der Waals surface area (Å²) in [4.78, 5) is 29.2. The quantitative estimate of drug-likeness (QED) is 0.613. The van der Waals surface area contributed by atoms with Gasteiger partial charge in [-0.25, -0.2) is 4.98 Å². The van der Waals surface area contributed by atoms with Crippen molar-refractivity contribution in [3.63, 3.8) is 0 Å². The van der Waals surface area contributed by atoms with E-state index in [4.69, 9.17) is 4.98 Å². The lowest BCUT2D eigenvalue weighted by Gasteiger charge is -2.11. The predicted octanol–water partition coefficient (Wildman–Crippen LogP) is 4.02. The van der Waals surface area contributed by atoms with Crippen LogP contribution in [0.4, 0.5) is 5.69 Å². The van der Waals surface area contributed by atoms with E-state index in [1.165, 1.54) is 12.8 Å². The highest BCUT2D eigenvalue weighted by atomic mass is 79.9. The zero-order chi connectivity index (χ0) is 20.2. The van der Waals surface area contributed by atoms with Crippen LogP contribution in [0, 0.1) is 0 Å². The second kappa shape index (κ2) is 8.61. The Hall–Kier alpha value is -2.93. The summed E-state index contributed by atoms with van der Waals surface area (Å²) in [7, 11) is 0. The number of nitrogens with one attached hydrogen (secondary N) is 2. The molecule has 6 nitrogen and oxygen atoms in total. The third kappa shape index (κ3) is 4.74. The molecule has 0 spiro atoms. The third-order valence-corrected chi connectivity index (χ3v) is 5.34. The van der Waals surface area contributed by atoms with Gasteiger partial charge in [-0.15, -0.1) is 0 Å². The molecule has 0 bridgehead atoms. The molecule has 2 N–H and O–H groups in total. The Kier molecular flexibility index (Phi) is 5.76. The van der Waals surface area contributed by atoms with Crippen LogP contribution < -0.4 is 10.6 Å². The van der Waals surface area contributed by atoms with Crippen LogP contribution in [-0.2, 0) is 17.8 Å². The van der Waals surface area contributed by atoms with Gasteiger partial charge in [0.2, 0.25) is 5.91 Å². The molecule has 0 aliphatic carbocycles. The molecule has 0 saturated heterocycles. The van der Waals surface area contributed by atoms with Crippen LogP contribution in [0.1, 0.15) is 29.0 Å². The van der Waals surface area contributed by atoms with Crippen molar-refractivity contribution in [2.24, 2.45) is 0 Å². The highest BCUT2D eigenvalue weighted by Crippen LogP contribution is 2.24. The Labute approximate surface area is 177 Å². The number of anilines is 1. The summed E-state index contributed by atoms with van der Waals surface area (Å²) < 4.78 is 3.02. The first kappa shape index (κ1) is 19.4. The second-order valence-electron chi connectivity index (χ2n) is 7.01. The molecule has 0 fully saturated rings. The fourth-order valence-corrected chi connectivity index (χ4v) is 3.80. The molecule has 148 valence electrons. The molecule has 2 heterocycles. The van der Waals surface area contributed by atoms with Gasteiger partial charge in [0.05, 0.1) is 12.2 Å². The van der Waals surface area contributed by atoms with E-state index in [0.29, 0.717) is 11.3 Å². The van der Waals surface area contributed by atoms with Crippen LogP contribution in [0.25, 0.3) is 11.3 Å². The lowest BCUT2D eigenvalue weighted by Crippen LogP contribution is -2.32. The standard InChI is InChI=1S/C22H21BrN4O2/c23-17-7-3-6-16(11-17)22(29)24-13-21(28)25-18-8-4-5-15(12-18)19-14-27-10-2-1-9-20(27)26-19/h3-8,11-12,14H,1-2,9-10,13H2,(H,24,29)(H,25,28). The second-order valence-corrected chi connectivity index (χ2v) is 7.93. The maximum Gasteiger partial charge on any atom is 0.251 e. The van der Waals surface area contributed by atoms with E-state index in [1.807, 2.05) is 30.3 Å². The van der Waals surface area contributed by atoms with E-state index in [2.05, 4.69) is 37.3 Å². The number of hydrogen-bond donors (Lipinski definition) is 2. The molecule has 1 aliphatic rings. The minimum atomic E-state index is -0.293. The number of halogens is 1. The number of hydrogen-bond acceptors (Lipinski definition) is 3. The lowest BCUT2D eigenvalue weighted by atomic mass is 10.1. The minimum Gasteiger partial charge on any atom is -0.343 e. The number of aromatic nitrogens is 2. The number of aryl methyl sites for hydroxylation is 2. The van der Waals surface area contributed by atoms with Crippen LogP contribution in [-0.4, -0.2) is 27.9 Å². The number of amides is 2. The Morgan fingerprint density at radius 3 is 2.79 bits per heavy atom. The van der Waals surface area contributed by atoms with Crippen LogP contribution in [0.5, 0.6) is 0 Å². The molecular weight excluding hydrogens is 432 g/mol. The average molecular weight is 453 g/mol. The van der Waals surface area contributed by atoms with Gasteiger partial charge in [-0.1, -0.05) is 34.1 Å². The van der Waals surface area contributed by atoms with E-state index in [9.17, 15) is 9.59 Å². The largest absolute Gasteiger partial charge is 0.343 e. The maximum atomic E-state index is 12.3. The van der Waals surface area contributed by atoms with Gasteiger partial charge < -0.3 is 15.2 Å². The molecule has 7 heteroatoms. The molecule has 0 unspecified atom stereocenters. The fraction of sp³-hybridized carbons (Fsp3) is 0.227. The molecular formula is C22H21BrN4O2. The zero-order valence-corrected chi connectivity index (χ0v) is 17.4. The Morgan fingerprint density at radius 1 is 1.10 bits per heavy atom. The topological polar surface area (TPSA) is 76.0 Å². The summed E-state index contributed by atoms with van der Waals surface area (Å²) in [5, 5.41) is 5.47. The van der Waals surface area contributed by atoms with Crippen molar-refractivity contribution in [3.8, 4) is 11.3 Å². The van der Waals surface area contributed by atoms with E-state index >= 15 is 0 Å². The smallest absolute Gasteiger partial charge is 0.251 e. The number of rotatable bonds is 5. The summed E-state index contributed by atoms with van der Waals surface area (Å²) >= 11 is 3.33. The number of carbonyl (C=O) groups is 2. The third-order valence-electron chi connectivity index (χ3n) is 4.85. The van der Waals surface area contributed by atoms with Gasteiger partial charge >= 0.3 is 0 Å². The van der Waals surface area contributed by atoms with Crippen LogP contribution in [0.15, 0.2) is 59.2 Å². The first-order valence-electron chi connectivity index (χ1n) is 9.58. The van der Waals surface area contributed by atoms with Crippen molar-refractivity contribution in [1.82, 2.24) is 14.9 Å².